The molecule has 37 heavy (non-hydrogen) atoms. The van der Waals surface area contributed by atoms with Crippen molar-refractivity contribution >= 4 is 34.5 Å². The van der Waals surface area contributed by atoms with E-state index in [-0.39, 0.29) is 17.9 Å². The first-order chi connectivity index (χ1) is 17.9. The Hall–Kier alpha value is -4.83. The largest absolute Gasteiger partial charge is 0.480 e. The third kappa shape index (κ3) is 6.06. The summed E-state index contributed by atoms with van der Waals surface area (Å²) in [5.41, 5.74) is 2.52. The van der Waals surface area contributed by atoms with Crippen LogP contribution in [-0.2, 0) is 16.0 Å². The van der Waals surface area contributed by atoms with Gasteiger partial charge in [0.15, 0.2) is 5.78 Å². The molecule has 2 atom stereocenters. The molecule has 5 N–H and O–H groups in total. The van der Waals surface area contributed by atoms with E-state index in [0.29, 0.717) is 16.7 Å². The number of carbonyl (C=O) groups is 4. The highest BCUT2D eigenvalue weighted by atomic mass is 16.4. The molecule has 10 nitrogen and oxygen atoms in total. The molecular formula is C27H24N4O6. The number of hydrogen-bond donors (Lipinski definition) is 5. The van der Waals surface area contributed by atoms with Gasteiger partial charge in [0.25, 0.3) is 5.91 Å². The number of aliphatic hydroxyl groups excluding tert-OH is 1. The summed E-state index contributed by atoms with van der Waals surface area (Å²) in [6.45, 7) is -0.810. The first-order valence-electron chi connectivity index (χ1n) is 11.4. The second-order valence-corrected chi connectivity index (χ2v) is 8.34. The van der Waals surface area contributed by atoms with Crippen molar-refractivity contribution in [3.63, 3.8) is 0 Å². The normalized spacial score (nSPS) is 12.5. The Balaban J connectivity index is 1.54. The molecule has 188 valence electrons. The molecule has 2 aromatic heterocycles. The average molecular weight is 501 g/mol. The molecule has 2 amide bonds. The molecule has 0 saturated carbocycles. The van der Waals surface area contributed by atoms with Crippen molar-refractivity contribution in [1.82, 2.24) is 20.6 Å². The lowest BCUT2D eigenvalue weighted by atomic mass is 9.99. The van der Waals surface area contributed by atoms with Gasteiger partial charge in [0.05, 0.1) is 6.61 Å². The quantitative estimate of drug-likeness (QED) is 0.207. The SMILES string of the molecule is O=C(c1ccncc1)c1ccc(C[C@H](NC(=O)c2cc3ccccc3[nH]2)C(=O)N[C@@H](CO)C(=O)O)cc1. The van der Waals surface area contributed by atoms with Crippen LogP contribution < -0.4 is 10.6 Å². The number of H-pyrrole nitrogens is 1. The molecule has 2 aromatic carbocycles. The predicted octanol–water partition coefficient (Wildman–Crippen LogP) is 1.70. The number of hydrogen-bond acceptors (Lipinski definition) is 6. The van der Waals surface area contributed by atoms with Crippen LogP contribution in [0.3, 0.4) is 0 Å². The first kappa shape index (κ1) is 25.3. The maximum Gasteiger partial charge on any atom is 0.328 e. The molecule has 2 heterocycles. The van der Waals surface area contributed by atoms with Crippen LogP contribution in [-0.4, -0.2) is 62.4 Å². The zero-order valence-electron chi connectivity index (χ0n) is 19.5. The lowest BCUT2D eigenvalue weighted by Crippen LogP contribution is -2.53. The number of rotatable bonds is 10. The Morgan fingerprint density at radius 1 is 0.865 bits per heavy atom. The van der Waals surface area contributed by atoms with Gasteiger partial charge >= 0.3 is 5.97 Å². The number of pyridine rings is 1. The third-order valence-corrected chi connectivity index (χ3v) is 5.79. The van der Waals surface area contributed by atoms with Gasteiger partial charge in [0, 0.05) is 40.8 Å². The van der Waals surface area contributed by atoms with Crippen molar-refractivity contribution in [2.75, 3.05) is 6.61 Å². The van der Waals surface area contributed by atoms with Gasteiger partial charge in [-0.05, 0) is 29.8 Å². The highest BCUT2D eigenvalue weighted by Gasteiger charge is 2.27. The number of aliphatic hydroxyl groups is 1. The lowest BCUT2D eigenvalue weighted by molar-refractivity contribution is -0.143. The topological polar surface area (TPSA) is 161 Å². The molecule has 0 fully saturated rings. The third-order valence-electron chi connectivity index (χ3n) is 5.79. The molecular weight excluding hydrogens is 476 g/mol. The summed E-state index contributed by atoms with van der Waals surface area (Å²) in [6.07, 6.45) is 3.06. The number of aromatic nitrogens is 2. The number of fused-ring (bicyclic) bond motifs is 1. The number of amides is 2. The first-order valence-corrected chi connectivity index (χ1v) is 11.4. The van der Waals surface area contributed by atoms with Crippen LogP contribution in [0.1, 0.15) is 32.0 Å². The van der Waals surface area contributed by atoms with E-state index in [2.05, 4.69) is 20.6 Å². The minimum atomic E-state index is -1.53. The van der Waals surface area contributed by atoms with Gasteiger partial charge in [0.2, 0.25) is 5.91 Å². The second-order valence-electron chi connectivity index (χ2n) is 8.34. The van der Waals surface area contributed by atoms with Crippen molar-refractivity contribution < 1.29 is 29.4 Å². The van der Waals surface area contributed by atoms with E-state index in [4.69, 9.17) is 0 Å². The van der Waals surface area contributed by atoms with Crippen molar-refractivity contribution in [3.8, 4) is 0 Å². The van der Waals surface area contributed by atoms with E-state index in [1.807, 2.05) is 24.3 Å². The average Bonchev–Trinajstić information content (AvgIpc) is 3.36. The fourth-order valence-corrected chi connectivity index (χ4v) is 3.80. The summed E-state index contributed by atoms with van der Waals surface area (Å²) in [5, 5.41) is 24.2. The number of benzene rings is 2. The van der Waals surface area contributed by atoms with Gasteiger partial charge in [-0.3, -0.25) is 19.4 Å². The number of nitrogens with one attached hydrogen (secondary N) is 3. The predicted molar refractivity (Wildman–Crippen MR) is 134 cm³/mol. The van der Waals surface area contributed by atoms with E-state index in [0.717, 1.165) is 10.9 Å². The van der Waals surface area contributed by atoms with Crippen molar-refractivity contribution in [1.29, 1.82) is 0 Å². The van der Waals surface area contributed by atoms with Crippen LogP contribution in [0.25, 0.3) is 10.9 Å². The summed E-state index contributed by atoms with van der Waals surface area (Å²) in [6, 6.07) is 16.0. The highest BCUT2D eigenvalue weighted by molar-refractivity contribution is 6.08. The van der Waals surface area contributed by atoms with E-state index in [1.165, 1.54) is 12.4 Å². The molecule has 10 heteroatoms. The van der Waals surface area contributed by atoms with E-state index < -0.39 is 36.5 Å². The Labute approximate surface area is 211 Å². The monoisotopic (exact) mass is 500 g/mol. The number of carboxylic acid groups (broad SMARTS) is 1. The van der Waals surface area contributed by atoms with Crippen LogP contribution in [0.4, 0.5) is 0 Å². The summed E-state index contributed by atoms with van der Waals surface area (Å²) >= 11 is 0. The van der Waals surface area contributed by atoms with E-state index in [9.17, 15) is 29.4 Å². The number of ketones is 1. The highest BCUT2D eigenvalue weighted by Crippen LogP contribution is 2.16. The van der Waals surface area contributed by atoms with E-state index in [1.54, 1.807) is 42.5 Å². The van der Waals surface area contributed by atoms with Crippen LogP contribution in [0.5, 0.6) is 0 Å². The minimum Gasteiger partial charge on any atom is -0.480 e. The van der Waals surface area contributed by atoms with Gasteiger partial charge in [-0.25, -0.2) is 4.79 Å². The van der Waals surface area contributed by atoms with Crippen LogP contribution >= 0.6 is 0 Å². The Morgan fingerprint density at radius 2 is 1.54 bits per heavy atom. The summed E-state index contributed by atoms with van der Waals surface area (Å²) in [5.74, 6) is -2.93. The number of nitrogens with zero attached hydrogens (tertiary/aromatic N) is 1. The van der Waals surface area contributed by atoms with Gasteiger partial charge in [-0.1, -0.05) is 42.5 Å². The Morgan fingerprint density at radius 3 is 2.19 bits per heavy atom. The number of aromatic amines is 1. The second kappa shape index (κ2) is 11.3. The smallest absolute Gasteiger partial charge is 0.328 e. The summed E-state index contributed by atoms with van der Waals surface area (Å²) < 4.78 is 0. The molecule has 4 aromatic rings. The van der Waals surface area contributed by atoms with Crippen molar-refractivity contribution in [2.24, 2.45) is 0 Å². The van der Waals surface area contributed by atoms with Crippen LogP contribution in [0, 0.1) is 0 Å². The van der Waals surface area contributed by atoms with E-state index >= 15 is 0 Å². The maximum absolute atomic E-state index is 13.0. The molecule has 0 unspecified atom stereocenters. The molecule has 0 bridgehead atoms. The number of aliphatic carboxylic acids is 1. The standard InChI is InChI=1S/C27H24N4O6/c32-15-23(27(36)37)31-25(34)21(30-26(35)22-14-19-3-1-2-4-20(19)29-22)13-16-5-7-17(8-6-16)24(33)18-9-11-28-12-10-18/h1-12,14,21,23,29,32H,13,15H2,(H,30,35)(H,31,34)(H,36,37)/t21-,23-/m0/s1. The van der Waals surface area contributed by atoms with Crippen LogP contribution in [0.2, 0.25) is 0 Å². The van der Waals surface area contributed by atoms with Gasteiger partial charge in [-0.2, -0.15) is 0 Å². The number of carboxylic acids is 1. The van der Waals surface area contributed by atoms with Crippen LogP contribution in [0.15, 0.2) is 79.1 Å². The molecule has 0 spiro atoms. The number of carbonyl (C=O) groups excluding carboxylic acids is 3. The summed E-state index contributed by atoms with van der Waals surface area (Å²) in [7, 11) is 0. The molecule has 0 radical (unpaired) electrons. The molecule has 0 saturated heterocycles. The van der Waals surface area contributed by atoms with Gasteiger partial charge < -0.3 is 25.8 Å². The maximum atomic E-state index is 13.0. The Kier molecular flexibility index (Phi) is 7.70. The lowest BCUT2D eigenvalue weighted by Gasteiger charge is -2.20. The zero-order valence-corrected chi connectivity index (χ0v) is 19.5. The fourth-order valence-electron chi connectivity index (χ4n) is 3.80. The molecule has 0 aliphatic rings. The molecule has 0 aliphatic carbocycles. The minimum absolute atomic E-state index is 0.0132. The summed E-state index contributed by atoms with van der Waals surface area (Å²) in [4.78, 5) is 56.8. The van der Waals surface area contributed by atoms with Crippen molar-refractivity contribution in [2.45, 2.75) is 18.5 Å². The van der Waals surface area contributed by atoms with Gasteiger partial charge in [-0.15, -0.1) is 0 Å². The number of para-hydroxylation sites is 1. The Bertz CT molecular complexity index is 1400. The fraction of sp³-hybridized carbons (Fsp3) is 0.148. The van der Waals surface area contributed by atoms with Crippen molar-refractivity contribution in [3.05, 3.63) is 102 Å². The zero-order chi connectivity index (χ0) is 26.4. The molecule has 0 aliphatic heterocycles. The van der Waals surface area contributed by atoms with Gasteiger partial charge in [0.1, 0.15) is 17.8 Å². The molecule has 4 rings (SSSR count).